The Balaban J connectivity index is 1.57. The number of fused-ring (bicyclic) bond motifs is 2. The van der Waals surface area contributed by atoms with Crippen molar-refractivity contribution in [3.05, 3.63) is 71.0 Å². The van der Waals surface area contributed by atoms with E-state index in [1.54, 1.807) is 0 Å². The zero-order chi connectivity index (χ0) is 24.0. The first-order valence-corrected chi connectivity index (χ1v) is 13.0. The van der Waals surface area contributed by atoms with Crippen molar-refractivity contribution < 1.29 is 10.2 Å². The van der Waals surface area contributed by atoms with Gasteiger partial charge in [0.15, 0.2) is 0 Å². The third-order valence-electron chi connectivity index (χ3n) is 8.11. The van der Waals surface area contributed by atoms with E-state index in [9.17, 15) is 10.2 Å². The summed E-state index contributed by atoms with van der Waals surface area (Å²) in [6, 6.07) is 16.6. The number of para-hydroxylation sites is 2. The van der Waals surface area contributed by atoms with Crippen molar-refractivity contribution in [2.45, 2.75) is 90.5 Å². The lowest BCUT2D eigenvalue weighted by Crippen LogP contribution is -2.63. The minimum Gasteiger partial charge on any atom is -0.851 e. The molecule has 180 valence electrons. The Bertz CT molecular complexity index is 1200. The van der Waals surface area contributed by atoms with Gasteiger partial charge in [-0.3, -0.25) is 0 Å². The summed E-state index contributed by atoms with van der Waals surface area (Å²) in [5.74, 6) is -0.982. The van der Waals surface area contributed by atoms with Gasteiger partial charge >= 0.3 is 0 Å². The number of nitrogens with zero attached hydrogens (tertiary/aromatic N) is 2. The van der Waals surface area contributed by atoms with Crippen molar-refractivity contribution in [1.29, 1.82) is 0 Å². The fraction of sp³-hybridized carbons (Fsp3) is 0.467. The number of hydrogen-bond acceptors (Lipinski definition) is 2. The molecule has 2 aromatic heterocycles. The molecule has 5 rings (SSSR count). The second-order valence-corrected chi connectivity index (χ2v) is 10.0. The summed E-state index contributed by atoms with van der Waals surface area (Å²) in [6.45, 7) is 10.4. The van der Waals surface area contributed by atoms with E-state index < -0.39 is 24.0 Å². The van der Waals surface area contributed by atoms with E-state index in [2.05, 4.69) is 73.2 Å². The molecule has 0 N–H and O–H groups in total. The van der Waals surface area contributed by atoms with Gasteiger partial charge in [-0.25, -0.2) is 0 Å². The van der Waals surface area contributed by atoms with Gasteiger partial charge in [0.2, 0.25) is 0 Å². The van der Waals surface area contributed by atoms with Crippen molar-refractivity contribution in [3.8, 4) is 0 Å². The van der Waals surface area contributed by atoms with Crippen LogP contribution in [0.25, 0.3) is 21.8 Å². The van der Waals surface area contributed by atoms with Crippen LogP contribution in [0.4, 0.5) is 0 Å². The molecule has 0 amide bonds. The molecular weight excluding hydrogens is 420 g/mol. The molecule has 0 radical (unpaired) electrons. The number of unbranched alkanes of at least 4 members (excludes halogenated alkanes) is 2. The van der Waals surface area contributed by atoms with Crippen LogP contribution in [0.5, 0.6) is 0 Å². The van der Waals surface area contributed by atoms with Crippen molar-refractivity contribution in [2.24, 2.45) is 0 Å². The van der Waals surface area contributed by atoms with Crippen molar-refractivity contribution in [1.82, 2.24) is 9.13 Å². The minimum atomic E-state index is -0.921. The molecule has 34 heavy (non-hydrogen) atoms. The summed E-state index contributed by atoms with van der Waals surface area (Å²) < 4.78 is 4.64. The van der Waals surface area contributed by atoms with Gasteiger partial charge in [0.25, 0.3) is 0 Å². The highest BCUT2D eigenvalue weighted by molar-refractivity contribution is 5.88. The largest absolute Gasteiger partial charge is 0.851 e. The van der Waals surface area contributed by atoms with E-state index in [4.69, 9.17) is 0 Å². The Hall–Kier alpha value is -2.56. The van der Waals surface area contributed by atoms with E-state index >= 15 is 0 Å². The van der Waals surface area contributed by atoms with E-state index in [0.29, 0.717) is 0 Å². The smallest absolute Gasteiger partial charge is 0.0485 e. The van der Waals surface area contributed by atoms with Crippen molar-refractivity contribution >= 4 is 21.8 Å². The molecule has 0 unspecified atom stereocenters. The molecule has 4 aromatic rings. The molecule has 4 heteroatoms. The van der Waals surface area contributed by atoms with Crippen LogP contribution in [-0.4, -0.2) is 21.3 Å². The van der Waals surface area contributed by atoms with Crippen LogP contribution < -0.4 is 10.2 Å². The Labute approximate surface area is 202 Å². The molecule has 0 atom stereocenters. The lowest BCUT2D eigenvalue weighted by molar-refractivity contribution is -0.535. The number of rotatable bonds is 8. The van der Waals surface area contributed by atoms with Gasteiger partial charge in [-0.05, 0) is 61.8 Å². The van der Waals surface area contributed by atoms with Gasteiger partial charge < -0.3 is 19.3 Å². The molecular formula is C30H36N2O2-2. The number of benzene rings is 2. The average Bonchev–Trinajstić information content (AvgIpc) is 3.27. The SMILES string of the molecule is CCCCn1c(C)c(C2C([O-])C(c3c(C)n(CCCC)c4ccccc34)C2[O-])c2ccccc21. The van der Waals surface area contributed by atoms with Gasteiger partial charge in [-0.15, -0.1) is 12.2 Å². The maximum Gasteiger partial charge on any atom is 0.0485 e. The van der Waals surface area contributed by atoms with E-state index in [0.717, 1.165) is 83.1 Å². The zero-order valence-electron chi connectivity index (χ0n) is 20.9. The van der Waals surface area contributed by atoms with Crippen LogP contribution in [0, 0.1) is 13.8 Å². The quantitative estimate of drug-likeness (QED) is 0.368. The third kappa shape index (κ3) is 3.42. The lowest BCUT2D eigenvalue weighted by atomic mass is 9.62. The lowest BCUT2D eigenvalue weighted by Gasteiger charge is -2.62. The van der Waals surface area contributed by atoms with E-state index in [1.165, 1.54) is 0 Å². The number of aromatic nitrogens is 2. The molecule has 1 aliphatic rings. The van der Waals surface area contributed by atoms with Crippen LogP contribution in [0.1, 0.15) is 73.9 Å². The minimum absolute atomic E-state index is 0.491. The monoisotopic (exact) mass is 456 g/mol. The number of aryl methyl sites for hydroxylation is 2. The molecule has 2 aromatic carbocycles. The molecule has 0 bridgehead atoms. The van der Waals surface area contributed by atoms with Gasteiger partial charge in [0.05, 0.1) is 0 Å². The van der Waals surface area contributed by atoms with Gasteiger partial charge in [0, 0.05) is 46.3 Å². The highest BCUT2D eigenvalue weighted by Gasteiger charge is 2.42. The predicted octanol–water partition coefficient (Wildman–Crippen LogP) is 5.15. The summed E-state index contributed by atoms with van der Waals surface area (Å²) in [5.41, 5.74) is 6.49. The first kappa shape index (κ1) is 23.2. The molecule has 1 aliphatic carbocycles. The highest BCUT2D eigenvalue weighted by Crippen LogP contribution is 2.51. The topological polar surface area (TPSA) is 56.0 Å². The van der Waals surface area contributed by atoms with Gasteiger partial charge in [-0.1, -0.05) is 63.1 Å². The van der Waals surface area contributed by atoms with Crippen molar-refractivity contribution in [2.75, 3.05) is 0 Å². The second kappa shape index (κ2) is 9.24. The first-order valence-electron chi connectivity index (χ1n) is 13.0. The summed E-state index contributed by atoms with van der Waals surface area (Å²) in [4.78, 5) is 0. The van der Waals surface area contributed by atoms with Crippen LogP contribution in [0.2, 0.25) is 0 Å². The Morgan fingerprint density at radius 1 is 0.647 bits per heavy atom. The second-order valence-electron chi connectivity index (χ2n) is 10.0. The molecule has 2 heterocycles. The van der Waals surface area contributed by atoms with E-state index in [-0.39, 0.29) is 0 Å². The first-order chi connectivity index (χ1) is 16.5. The van der Waals surface area contributed by atoms with Crippen LogP contribution in [0.15, 0.2) is 48.5 Å². The molecule has 0 aliphatic heterocycles. The summed E-state index contributed by atoms with van der Waals surface area (Å²) in [5, 5.41) is 29.9. The summed E-state index contributed by atoms with van der Waals surface area (Å²) in [7, 11) is 0. The van der Waals surface area contributed by atoms with Crippen LogP contribution in [-0.2, 0) is 13.1 Å². The van der Waals surface area contributed by atoms with Crippen molar-refractivity contribution in [3.63, 3.8) is 0 Å². The maximum absolute atomic E-state index is 13.9. The standard InChI is InChI=1S/C30H36N2O2/c1-5-7-17-31-19(3)25(21-13-9-11-15-23(21)31)27-29(33)28(30(27)34)26-20(4)32(18-8-6-2)24-16-12-10-14-22(24)26/h9-16,27-30H,5-8,17-18H2,1-4H3/q-2. The normalized spacial score (nSPS) is 22.5. The Morgan fingerprint density at radius 3 is 1.41 bits per heavy atom. The Kier molecular flexibility index (Phi) is 6.30. The Morgan fingerprint density at radius 2 is 1.03 bits per heavy atom. The predicted molar refractivity (Wildman–Crippen MR) is 136 cm³/mol. The highest BCUT2D eigenvalue weighted by atomic mass is 16.3. The van der Waals surface area contributed by atoms with Gasteiger partial charge in [0.1, 0.15) is 0 Å². The van der Waals surface area contributed by atoms with E-state index in [1.807, 2.05) is 12.1 Å². The molecule has 0 saturated heterocycles. The molecule has 1 saturated carbocycles. The molecule has 0 spiro atoms. The summed E-state index contributed by atoms with van der Waals surface area (Å²) >= 11 is 0. The summed E-state index contributed by atoms with van der Waals surface area (Å²) in [6.07, 6.45) is 2.56. The van der Waals surface area contributed by atoms with Gasteiger partial charge in [-0.2, -0.15) is 0 Å². The molecule has 4 nitrogen and oxygen atoms in total. The van der Waals surface area contributed by atoms with Crippen LogP contribution >= 0.6 is 0 Å². The molecule has 1 fully saturated rings. The van der Waals surface area contributed by atoms with Crippen LogP contribution in [0.3, 0.4) is 0 Å². The zero-order valence-corrected chi connectivity index (χ0v) is 20.9. The fourth-order valence-corrected chi connectivity index (χ4v) is 6.30. The number of hydrogen-bond donors (Lipinski definition) is 0. The maximum atomic E-state index is 13.9. The third-order valence-corrected chi connectivity index (χ3v) is 8.11. The fourth-order valence-electron chi connectivity index (χ4n) is 6.30. The average molecular weight is 457 g/mol.